The minimum Gasteiger partial charge on any atom is -0.444 e. The Morgan fingerprint density at radius 3 is 2.65 bits per heavy atom. The molecule has 2 aliphatic rings. The van der Waals surface area contributed by atoms with E-state index in [-0.39, 0.29) is 6.09 Å². The Morgan fingerprint density at radius 2 is 2.09 bits per heavy atom. The van der Waals surface area contributed by atoms with E-state index in [4.69, 9.17) is 4.74 Å². The summed E-state index contributed by atoms with van der Waals surface area (Å²) in [5.41, 5.74) is 1.08. The van der Waals surface area contributed by atoms with Crippen molar-refractivity contribution in [3.63, 3.8) is 0 Å². The molecule has 2 rings (SSSR count). The minimum absolute atomic E-state index is 0.310. The SMILES string of the molecule is CC1=CC(C)CC(CNC(CNC(=O)OC(C)(C)C)C2CC2)C1. The predicted octanol–water partition coefficient (Wildman–Crippen LogP) is 3.87. The summed E-state index contributed by atoms with van der Waals surface area (Å²) in [6.45, 7) is 11.9. The number of hydrogen-bond acceptors (Lipinski definition) is 3. The van der Waals surface area contributed by atoms with Gasteiger partial charge < -0.3 is 15.4 Å². The summed E-state index contributed by atoms with van der Waals surface area (Å²) in [5.74, 6) is 2.12. The second-order valence-electron chi connectivity index (χ2n) is 8.53. The number of carbonyl (C=O) groups is 1. The van der Waals surface area contributed by atoms with Gasteiger partial charge in [-0.25, -0.2) is 4.79 Å². The third kappa shape index (κ3) is 6.94. The summed E-state index contributed by atoms with van der Waals surface area (Å²) in [6.07, 6.45) is 7.10. The van der Waals surface area contributed by atoms with Gasteiger partial charge in [0.1, 0.15) is 5.60 Å². The van der Waals surface area contributed by atoms with Gasteiger partial charge in [0.25, 0.3) is 0 Å². The first-order chi connectivity index (χ1) is 10.7. The highest BCUT2D eigenvalue weighted by Gasteiger charge is 2.32. The molecule has 4 heteroatoms. The Hall–Kier alpha value is -1.03. The van der Waals surface area contributed by atoms with Gasteiger partial charge >= 0.3 is 6.09 Å². The fourth-order valence-electron chi connectivity index (χ4n) is 3.57. The third-order valence-corrected chi connectivity index (χ3v) is 4.61. The highest BCUT2D eigenvalue weighted by molar-refractivity contribution is 5.67. The lowest BCUT2D eigenvalue weighted by Gasteiger charge is -2.28. The van der Waals surface area contributed by atoms with Crippen LogP contribution in [0.2, 0.25) is 0 Å². The van der Waals surface area contributed by atoms with Gasteiger partial charge in [0.2, 0.25) is 0 Å². The van der Waals surface area contributed by atoms with Gasteiger partial charge in [-0.3, -0.25) is 0 Å². The maximum absolute atomic E-state index is 11.8. The number of rotatable bonds is 6. The third-order valence-electron chi connectivity index (χ3n) is 4.61. The lowest BCUT2D eigenvalue weighted by molar-refractivity contribution is 0.0520. The van der Waals surface area contributed by atoms with Crippen molar-refractivity contribution in [2.75, 3.05) is 13.1 Å². The lowest BCUT2D eigenvalue weighted by atomic mass is 9.83. The highest BCUT2D eigenvalue weighted by atomic mass is 16.6. The molecule has 0 aliphatic heterocycles. The first-order valence-electron chi connectivity index (χ1n) is 9.10. The van der Waals surface area contributed by atoms with Crippen molar-refractivity contribution in [1.29, 1.82) is 0 Å². The molecule has 0 bridgehead atoms. The molecule has 132 valence electrons. The summed E-state index contributed by atoms with van der Waals surface area (Å²) in [7, 11) is 0. The summed E-state index contributed by atoms with van der Waals surface area (Å²) < 4.78 is 5.33. The van der Waals surface area contributed by atoms with Gasteiger partial charge in [0, 0.05) is 12.6 Å². The maximum Gasteiger partial charge on any atom is 0.407 e. The van der Waals surface area contributed by atoms with E-state index in [1.165, 1.54) is 31.3 Å². The van der Waals surface area contributed by atoms with Crippen molar-refractivity contribution in [1.82, 2.24) is 10.6 Å². The molecule has 0 radical (unpaired) electrons. The first kappa shape index (κ1) is 18.3. The number of allylic oxidation sites excluding steroid dienone is 2. The van der Waals surface area contributed by atoms with Crippen molar-refractivity contribution in [3.05, 3.63) is 11.6 Å². The predicted molar refractivity (Wildman–Crippen MR) is 94.4 cm³/mol. The van der Waals surface area contributed by atoms with Crippen LogP contribution in [0, 0.1) is 17.8 Å². The normalized spacial score (nSPS) is 26.4. The van der Waals surface area contributed by atoms with Gasteiger partial charge in [-0.05, 0) is 77.7 Å². The van der Waals surface area contributed by atoms with Crippen LogP contribution in [0.5, 0.6) is 0 Å². The molecule has 1 saturated carbocycles. The van der Waals surface area contributed by atoms with Crippen LogP contribution in [-0.4, -0.2) is 30.8 Å². The Kier molecular flexibility index (Phi) is 6.12. The van der Waals surface area contributed by atoms with Crippen LogP contribution in [-0.2, 0) is 4.74 Å². The molecule has 3 unspecified atom stereocenters. The number of carbonyl (C=O) groups excluding carboxylic acids is 1. The molecule has 2 aliphatic carbocycles. The fourth-order valence-corrected chi connectivity index (χ4v) is 3.57. The standard InChI is InChI=1S/C19H34N2O2/c1-13-8-14(2)10-15(9-13)11-20-17(16-6-7-16)12-21-18(22)23-19(3,4)5/h8,13,15-17,20H,6-7,9-12H2,1-5H3,(H,21,22). The van der Waals surface area contributed by atoms with Crippen LogP contribution >= 0.6 is 0 Å². The molecule has 2 N–H and O–H groups in total. The van der Waals surface area contributed by atoms with Gasteiger partial charge in [0.05, 0.1) is 0 Å². The van der Waals surface area contributed by atoms with Crippen LogP contribution in [0.1, 0.15) is 60.3 Å². The Bertz CT molecular complexity index is 435. The molecule has 3 atom stereocenters. The van der Waals surface area contributed by atoms with E-state index in [0.717, 1.165) is 12.5 Å². The average Bonchev–Trinajstić information content (AvgIpc) is 3.19. The lowest BCUT2D eigenvalue weighted by Crippen LogP contribution is -2.45. The van der Waals surface area contributed by atoms with Crippen molar-refractivity contribution >= 4 is 6.09 Å². The summed E-state index contributed by atoms with van der Waals surface area (Å²) in [6, 6.07) is 0.379. The van der Waals surface area contributed by atoms with E-state index in [1.54, 1.807) is 0 Å². The molecule has 23 heavy (non-hydrogen) atoms. The average molecular weight is 322 g/mol. The largest absolute Gasteiger partial charge is 0.444 e. The number of nitrogens with one attached hydrogen (secondary N) is 2. The molecule has 1 fully saturated rings. The smallest absolute Gasteiger partial charge is 0.407 e. The Morgan fingerprint density at radius 1 is 1.39 bits per heavy atom. The minimum atomic E-state index is -0.436. The molecule has 0 aromatic carbocycles. The van der Waals surface area contributed by atoms with E-state index < -0.39 is 5.60 Å². The highest BCUT2D eigenvalue weighted by Crippen LogP contribution is 2.33. The summed E-state index contributed by atoms with van der Waals surface area (Å²) >= 11 is 0. The van der Waals surface area contributed by atoms with Crippen molar-refractivity contribution < 1.29 is 9.53 Å². The first-order valence-corrected chi connectivity index (χ1v) is 9.10. The van der Waals surface area contributed by atoms with Gasteiger partial charge in [-0.15, -0.1) is 0 Å². The number of hydrogen-bond donors (Lipinski definition) is 2. The zero-order chi connectivity index (χ0) is 17.0. The molecule has 0 spiro atoms. The molecular formula is C19H34N2O2. The van der Waals surface area contributed by atoms with Crippen molar-refractivity contribution in [2.45, 2.75) is 71.9 Å². The summed E-state index contributed by atoms with van der Waals surface area (Å²) in [5, 5.41) is 6.64. The topological polar surface area (TPSA) is 50.4 Å². The van der Waals surface area contributed by atoms with Gasteiger partial charge in [-0.2, -0.15) is 0 Å². The molecule has 0 aromatic rings. The molecule has 0 heterocycles. The van der Waals surface area contributed by atoms with Crippen LogP contribution in [0.15, 0.2) is 11.6 Å². The zero-order valence-corrected chi connectivity index (χ0v) is 15.4. The van der Waals surface area contributed by atoms with Crippen LogP contribution in [0.25, 0.3) is 0 Å². The molecule has 4 nitrogen and oxygen atoms in total. The van der Waals surface area contributed by atoms with Crippen LogP contribution in [0.4, 0.5) is 4.79 Å². The van der Waals surface area contributed by atoms with Crippen molar-refractivity contribution in [3.8, 4) is 0 Å². The maximum atomic E-state index is 11.8. The number of alkyl carbamates (subject to hydrolysis) is 1. The zero-order valence-electron chi connectivity index (χ0n) is 15.4. The summed E-state index contributed by atoms with van der Waals surface area (Å²) in [4.78, 5) is 11.8. The van der Waals surface area contributed by atoms with Gasteiger partial charge in [-0.1, -0.05) is 18.6 Å². The van der Waals surface area contributed by atoms with E-state index >= 15 is 0 Å². The Balaban J connectivity index is 1.74. The number of ether oxygens (including phenoxy) is 1. The Labute approximate surface area is 141 Å². The second kappa shape index (κ2) is 7.69. The van der Waals surface area contributed by atoms with E-state index in [9.17, 15) is 4.79 Å². The molecular weight excluding hydrogens is 288 g/mol. The number of amides is 1. The second-order valence-corrected chi connectivity index (χ2v) is 8.53. The van der Waals surface area contributed by atoms with Crippen LogP contribution in [0.3, 0.4) is 0 Å². The molecule has 0 aromatic heterocycles. The van der Waals surface area contributed by atoms with E-state index in [1.807, 2.05) is 20.8 Å². The van der Waals surface area contributed by atoms with Crippen molar-refractivity contribution in [2.24, 2.45) is 17.8 Å². The monoisotopic (exact) mass is 322 g/mol. The quantitative estimate of drug-likeness (QED) is 0.730. The van der Waals surface area contributed by atoms with Gasteiger partial charge in [0.15, 0.2) is 0 Å². The van der Waals surface area contributed by atoms with Crippen LogP contribution < -0.4 is 10.6 Å². The molecule has 1 amide bonds. The fraction of sp³-hybridized carbons (Fsp3) is 0.842. The molecule has 0 saturated heterocycles. The van der Waals surface area contributed by atoms with E-state index in [0.29, 0.717) is 24.4 Å². The van der Waals surface area contributed by atoms with E-state index in [2.05, 4.69) is 30.6 Å².